The van der Waals surface area contributed by atoms with Crippen LogP contribution in [0.25, 0.3) is 0 Å². The van der Waals surface area contributed by atoms with Crippen molar-refractivity contribution in [3.8, 4) is 0 Å². The minimum atomic E-state index is -0.316. The largest absolute Gasteiger partial charge is 0.469 e. The van der Waals surface area contributed by atoms with E-state index < -0.39 is 0 Å². The second-order valence-corrected chi connectivity index (χ2v) is 3.99. The fourth-order valence-corrected chi connectivity index (χ4v) is 2.03. The van der Waals surface area contributed by atoms with Crippen LogP contribution in [0.4, 0.5) is 0 Å². The molecule has 1 rings (SSSR count). The maximum Gasteiger partial charge on any atom is 0.310 e. The van der Waals surface area contributed by atoms with Crippen molar-refractivity contribution in [2.24, 2.45) is 5.92 Å². The lowest BCUT2D eigenvalue weighted by molar-refractivity contribution is -0.145. The molecule has 16 heavy (non-hydrogen) atoms. The normalized spacial score (nSPS) is 22.3. The highest BCUT2D eigenvalue weighted by Gasteiger charge is 2.37. The van der Waals surface area contributed by atoms with Crippen molar-refractivity contribution in [2.75, 3.05) is 27.4 Å². The molecule has 0 radical (unpaired) electrons. The number of esters is 1. The van der Waals surface area contributed by atoms with Crippen molar-refractivity contribution in [2.45, 2.75) is 25.8 Å². The first-order valence-corrected chi connectivity index (χ1v) is 5.50. The number of hydrogen-bond acceptors (Lipinski definition) is 4. The highest BCUT2D eigenvalue weighted by atomic mass is 16.5. The maximum atomic E-state index is 11.7. The Bertz CT molecular complexity index is 267. The van der Waals surface area contributed by atoms with Gasteiger partial charge in [0.1, 0.15) is 0 Å². The molecular weight excluding hydrogens is 210 g/mol. The van der Waals surface area contributed by atoms with Crippen LogP contribution in [0.3, 0.4) is 0 Å². The average molecular weight is 229 g/mol. The second kappa shape index (κ2) is 5.84. The number of carbonyl (C=O) groups is 2. The van der Waals surface area contributed by atoms with Gasteiger partial charge in [0, 0.05) is 20.1 Å². The van der Waals surface area contributed by atoms with E-state index in [0.717, 1.165) is 6.42 Å². The average Bonchev–Trinajstić information content (AvgIpc) is 2.67. The van der Waals surface area contributed by atoms with Gasteiger partial charge in [-0.3, -0.25) is 9.59 Å². The molecule has 0 N–H and O–H groups in total. The van der Waals surface area contributed by atoms with E-state index in [9.17, 15) is 9.59 Å². The molecule has 2 unspecified atom stereocenters. The van der Waals surface area contributed by atoms with Gasteiger partial charge in [-0.15, -0.1) is 0 Å². The van der Waals surface area contributed by atoms with Crippen LogP contribution in [0.5, 0.6) is 0 Å². The Labute approximate surface area is 95.7 Å². The molecule has 0 aromatic heterocycles. The van der Waals surface area contributed by atoms with Crippen molar-refractivity contribution in [3.63, 3.8) is 0 Å². The van der Waals surface area contributed by atoms with E-state index in [1.54, 1.807) is 12.0 Å². The minimum absolute atomic E-state index is 0.0132. The second-order valence-electron chi connectivity index (χ2n) is 3.99. The zero-order valence-corrected chi connectivity index (χ0v) is 10.1. The van der Waals surface area contributed by atoms with E-state index in [1.165, 1.54) is 7.11 Å². The molecule has 0 saturated carbocycles. The number of rotatable bonds is 5. The van der Waals surface area contributed by atoms with Crippen LogP contribution in [0.15, 0.2) is 0 Å². The monoisotopic (exact) mass is 229 g/mol. The van der Waals surface area contributed by atoms with Gasteiger partial charge in [0.05, 0.1) is 25.7 Å². The number of carbonyl (C=O) groups excluding carboxylic acids is 2. The van der Waals surface area contributed by atoms with Gasteiger partial charge < -0.3 is 14.4 Å². The number of amides is 1. The summed E-state index contributed by atoms with van der Waals surface area (Å²) in [6.45, 7) is 2.96. The lowest BCUT2D eigenvalue weighted by Crippen LogP contribution is -2.39. The van der Waals surface area contributed by atoms with Gasteiger partial charge in [0.15, 0.2) is 0 Å². The molecule has 92 valence electrons. The van der Waals surface area contributed by atoms with Crippen LogP contribution >= 0.6 is 0 Å². The van der Waals surface area contributed by atoms with Gasteiger partial charge in [0.2, 0.25) is 5.91 Å². The number of methoxy groups -OCH3 is 2. The first-order chi connectivity index (χ1) is 7.63. The lowest BCUT2D eigenvalue weighted by atomic mass is 10.1. The summed E-state index contributed by atoms with van der Waals surface area (Å²) in [4.78, 5) is 24.8. The molecule has 0 bridgehead atoms. The SMILES string of the molecule is CCC(COC)N1CC(C(=O)OC)CC1=O. The summed E-state index contributed by atoms with van der Waals surface area (Å²) in [6, 6.07) is 0.0622. The highest BCUT2D eigenvalue weighted by Crippen LogP contribution is 2.22. The molecule has 0 aromatic rings. The van der Waals surface area contributed by atoms with E-state index in [0.29, 0.717) is 13.2 Å². The summed E-state index contributed by atoms with van der Waals surface area (Å²) < 4.78 is 9.72. The van der Waals surface area contributed by atoms with E-state index in [1.807, 2.05) is 6.92 Å². The molecule has 1 heterocycles. The lowest BCUT2D eigenvalue weighted by Gasteiger charge is -2.26. The summed E-state index contributed by atoms with van der Waals surface area (Å²) in [7, 11) is 2.96. The predicted octanol–water partition coefficient (Wildman–Crippen LogP) is 0.433. The molecule has 1 aliphatic heterocycles. The van der Waals surface area contributed by atoms with E-state index in [4.69, 9.17) is 4.74 Å². The highest BCUT2D eigenvalue weighted by molar-refractivity contribution is 5.86. The molecule has 2 atom stereocenters. The topological polar surface area (TPSA) is 55.8 Å². The third-order valence-corrected chi connectivity index (χ3v) is 2.96. The fourth-order valence-electron chi connectivity index (χ4n) is 2.03. The molecule has 5 nitrogen and oxygen atoms in total. The zero-order chi connectivity index (χ0) is 12.1. The third kappa shape index (κ3) is 2.72. The summed E-state index contributed by atoms with van der Waals surface area (Å²) in [5.74, 6) is -0.606. The van der Waals surface area contributed by atoms with E-state index in [-0.39, 0.29) is 30.3 Å². The third-order valence-electron chi connectivity index (χ3n) is 2.96. The van der Waals surface area contributed by atoms with Crippen LogP contribution in [0.1, 0.15) is 19.8 Å². The molecule has 1 saturated heterocycles. The summed E-state index contributed by atoms with van der Waals surface area (Å²) in [6.07, 6.45) is 1.08. The molecule has 1 amide bonds. The standard InChI is InChI=1S/C11H19NO4/c1-4-9(7-15-2)12-6-8(5-10(12)13)11(14)16-3/h8-9H,4-7H2,1-3H3. The molecular formula is C11H19NO4. The smallest absolute Gasteiger partial charge is 0.310 e. The van der Waals surface area contributed by atoms with Gasteiger partial charge in [-0.25, -0.2) is 0 Å². The zero-order valence-electron chi connectivity index (χ0n) is 10.1. The number of nitrogens with zero attached hydrogens (tertiary/aromatic N) is 1. The Morgan fingerprint density at radius 3 is 2.75 bits per heavy atom. The maximum absolute atomic E-state index is 11.7. The van der Waals surface area contributed by atoms with Crippen LogP contribution in [0, 0.1) is 5.92 Å². The Hall–Kier alpha value is -1.10. The molecule has 1 aliphatic rings. The predicted molar refractivity (Wildman–Crippen MR) is 57.8 cm³/mol. The first kappa shape index (κ1) is 13.0. The quantitative estimate of drug-likeness (QED) is 0.642. The summed E-state index contributed by atoms with van der Waals surface area (Å²) in [5.41, 5.74) is 0. The van der Waals surface area contributed by atoms with Gasteiger partial charge in [0.25, 0.3) is 0 Å². The van der Waals surface area contributed by atoms with Crippen molar-refractivity contribution < 1.29 is 19.1 Å². The van der Waals surface area contributed by atoms with Crippen molar-refractivity contribution in [3.05, 3.63) is 0 Å². The molecule has 0 spiro atoms. The summed E-state index contributed by atoms with van der Waals surface area (Å²) in [5, 5.41) is 0. The molecule has 1 fully saturated rings. The van der Waals surface area contributed by atoms with E-state index >= 15 is 0 Å². The van der Waals surface area contributed by atoms with Crippen molar-refractivity contribution >= 4 is 11.9 Å². The van der Waals surface area contributed by atoms with Crippen LogP contribution in [-0.2, 0) is 19.1 Å². The van der Waals surface area contributed by atoms with E-state index in [2.05, 4.69) is 4.74 Å². The summed E-state index contributed by atoms with van der Waals surface area (Å²) >= 11 is 0. The Morgan fingerprint density at radius 1 is 1.56 bits per heavy atom. The Balaban J connectivity index is 2.62. The van der Waals surface area contributed by atoms with Crippen molar-refractivity contribution in [1.29, 1.82) is 0 Å². The van der Waals surface area contributed by atoms with Gasteiger partial charge in [-0.2, -0.15) is 0 Å². The number of likely N-dealkylation sites (tertiary alicyclic amines) is 1. The van der Waals surface area contributed by atoms with Gasteiger partial charge in [-0.05, 0) is 6.42 Å². The first-order valence-electron chi connectivity index (χ1n) is 5.50. The van der Waals surface area contributed by atoms with Crippen LogP contribution in [-0.4, -0.2) is 50.2 Å². The van der Waals surface area contributed by atoms with Crippen LogP contribution < -0.4 is 0 Å². The number of ether oxygens (including phenoxy) is 2. The van der Waals surface area contributed by atoms with Crippen molar-refractivity contribution in [1.82, 2.24) is 4.90 Å². The Kier molecular flexibility index (Phi) is 4.73. The molecule has 0 aliphatic carbocycles. The fraction of sp³-hybridized carbons (Fsp3) is 0.818. The molecule has 0 aromatic carbocycles. The minimum Gasteiger partial charge on any atom is -0.469 e. The Morgan fingerprint density at radius 2 is 2.25 bits per heavy atom. The van der Waals surface area contributed by atoms with Crippen LogP contribution in [0.2, 0.25) is 0 Å². The van der Waals surface area contributed by atoms with Gasteiger partial charge in [-0.1, -0.05) is 6.92 Å². The van der Waals surface area contributed by atoms with Gasteiger partial charge >= 0.3 is 5.97 Å². The number of hydrogen-bond donors (Lipinski definition) is 0. The molecule has 5 heteroatoms.